The van der Waals surface area contributed by atoms with E-state index in [0.717, 1.165) is 12.8 Å². The molecule has 2 rings (SSSR count). The molecule has 0 aromatic heterocycles. The zero-order chi connectivity index (χ0) is 13.2. The molecule has 2 N–H and O–H groups in total. The molecule has 0 heterocycles. The summed E-state index contributed by atoms with van der Waals surface area (Å²) < 4.78 is 13.4. The van der Waals surface area contributed by atoms with Gasteiger partial charge < -0.3 is 10.6 Å². The average molecular weight is 250 g/mol. The van der Waals surface area contributed by atoms with Gasteiger partial charge in [0.2, 0.25) is 5.91 Å². The van der Waals surface area contributed by atoms with Gasteiger partial charge >= 0.3 is 0 Å². The number of likely N-dealkylation sites (N-methyl/N-ethyl adjacent to an activating group) is 1. The molecule has 0 atom stereocenters. The monoisotopic (exact) mass is 250 g/mol. The van der Waals surface area contributed by atoms with Crippen LogP contribution in [-0.4, -0.2) is 30.9 Å². The van der Waals surface area contributed by atoms with Gasteiger partial charge in [0.1, 0.15) is 5.82 Å². The largest absolute Gasteiger partial charge is 0.345 e. The highest BCUT2D eigenvalue weighted by Crippen LogP contribution is 2.44. The Morgan fingerprint density at radius 1 is 1.44 bits per heavy atom. The highest BCUT2D eigenvalue weighted by molar-refractivity contribution is 5.78. The fourth-order valence-electron chi connectivity index (χ4n) is 2.13. The first-order valence-corrected chi connectivity index (χ1v) is 6.24. The van der Waals surface area contributed by atoms with Crippen molar-refractivity contribution in [3.63, 3.8) is 0 Å². The SMILES string of the molecule is CN(CC1(CN)CC1)C(=O)Cc1ccccc1F. The molecule has 0 radical (unpaired) electrons. The number of hydrogen-bond donors (Lipinski definition) is 1. The number of nitrogens with zero attached hydrogens (tertiary/aromatic N) is 1. The molecular formula is C14H19FN2O. The lowest BCUT2D eigenvalue weighted by Crippen LogP contribution is -2.36. The molecule has 18 heavy (non-hydrogen) atoms. The van der Waals surface area contributed by atoms with E-state index in [1.54, 1.807) is 30.1 Å². The van der Waals surface area contributed by atoms with Crippen LogP contribution >= 0.6 is 0 Å². The van der Waals surface area contributed by atoms with Crippen LogP contribution in [0.3, 0.4) is 0 Å². The van der Waals surface area contributed by atoms with Gasteiger partial charge in [0, 0.05) is 19.0 Å². The minimum absolute atomic E-state index is 0.0557. The summed E-state index contributed by atoms with van der Waals surface area (Å²) in [5.41, 5.74) is 6.27. The lowest BCUT2D eigenvalue weighted by atomic mass is 10.1. The Hall–Kier alpha value is -1.42. The molecular weight excluding hydrogens is 231 g/mol. The molecule has 1 aliphatic rings. The molecule has 0 spiro atoms. The van der Waals surface area contributed by atoms with E-state index < -0.39 is 0 Å². The fraction of sp³-hybridized carbons (Fsp3) is 0.500. The maximum Gasteiger partial charge on any atom is 0.226 e. The Kier molecular flexibility index (Phi) is 3.66. The summed E-state index contributed by atoms with van der Waals surface area (Å²) >= 11 is 0. The number of hydrogen-bond acceptors (Lipinski definition) is 2. The Morgan fingerprint density at radius 3 is 2.67 bits per heavy atom. The van der Waals surface area contributed by atoms with Crippen LogP contribution in [0, 0.1) is 11.2 Å². The lowest BCUT2D eigenvalue weighted by molar-refractivity contribution is -0.129. The Labute approximate surface area is 107 Å². The topological polar surface area (TPSA) is 46.3 Å². The highest BCUT2D eigenvalue weighted by atomic mass is 19.1. The third-order valence-corrected chi connectivity index (χ3v) is 3.69. The van der Waals surface area contributed by atoms with Gasteiger partial charge in [-0.2, -0.15) is 0 Å². The van der Waals surface area contributed by atoms with Crippen LogP contribution in [0.15, 0.2) is 24.3 Å². The minimum atomic E-state index is -0.320. The van der Waals surface area contributed by atoms with E-state index in [2.05, 4.69) is 0 Å². The van der Waals surface area contributed by atoms with Crippen LogP contribution in [0.25, 0.3) is 0 Å². The summed E-state index contributed by atoms with van der Waals surface area (Å²) in [5, 5.41) is 0. The molecule has 0 aliphatic heterocycles. The van der Waals surface area contributed by atoms with E-state index >= 15 is 0 Å². The predicted octanol–water partition coefficient (Wildman–Crippen LogP) is 1.57. The average Bonchev–Trinajstić information content (AvgIpc) is 3.12. The highest BCUT2D eigenvalue weighted by Gasteiger charge is 2.42. The summed E-state index contributed by atoms with van der Waals surface area (Å²) in [6.07, 6.45) is 2.28. The van der Waals surface area contributed by atoms with Gasteiger partial charge in [0.15, 0.2) is 0 Å². The van der Waals surface area contributed by atoms with E-state index in [1.165, 1.54) is 6.07 Å². The van der Waals surface area contributed by atoms with Crippen molar-refractivity contribution in [1.29, 1.82) is 0 Å². The van der Waals surface area contributed by atoms with E-state index in [0.29, 0.717) is 18.7 Å². The van der Waals surface area contributed by atoms with Gasteiger partial charge in [-0.1, -0.05) is 18.2 Å². The standard InChI is InChI=1S/C14H19FN2O/c1-17(10-14(9-16)6-7-14)13(18)8-11-4-2-3-5-12(11)15/h2-5H,6-10,16H2,1H3. The molecule has 0 unspecified atom stereocenters. The van der Waals surface area contributed by atoms with Crippen molar-refractivity contribution in [3.8, 4) is 0 Å². The van der Waals surface area contributed by atoms with E-state index in [9.17, 15) is 9.18 Å². The maximum absolute atomic E-state index is 13.4. The van der Waals surface area contributed by atoms with Crippen LogP contribution < -0.4 is 5.73 Å². The van der Waals surface area contributed by atoms with E-state index in [4.69, 9.17) is 5.73 Å². The molecule has 98 valence electrons. The number of amides is 1. The molecule has 1 aromatic carbocycles. The van der Waals surface area contributed by atoms with E-state index in [-0.39, 0.29) is 23.6 Å². The van der Waals surface area contributed by atoms with Crippen molar-refractivity contribution in [2.75, 3.05) is 20.1 Å². The zero-order valence-corrected chi connectivity index (χ0v) is 10.7. The quantitative estimate of drug-likeness (QED) is 0.862. The van der Waals surface area contributed by atoms with Crippen molar-refractivity contribution >= 4 is 5.91 Å². The van der Waals surface area contributed by atoms with Crippen molar-refractivity contribution in [2.24, 2.45) is 11.1 Å². The van der Waals surface area contributed by atoms with Gasteiger partial charge in [-0.15, -0.1) is 0 Å². The van der Waals surface area contributed by atoms with Crippen molar-refractivity contribution in [3.05, 3.63) is 35.6 Å². The van der Waals surface area contributed by atoms with Gasteiger partial charge in [-0.25, -0.2) is 4.39 Å². The number of carbonyl (C=O) groups excluding carboxylic acids is 1. The van der Waals surface area contributed by atoms with Crippen molar-refractivity contribution in [1.82, 2.24) is 4.90 Å². The van der Waals surface area contributed by atoms with Gasteiger partial charge in [0.25, 0.3) is 0 Å². The first kappa shape index (κ1) is 13.0. The van der Waals surface area contributed by atoms with Crippen LogP contribution in [0.2, 0.25) is 0 Å². The number of nitrogens with two attached hydrogens (primary N) is 1. The first-order valence-electron chi connectivity index (χ1n) is 6.24. The first-order chi connectivity index (χ1) is 8.56. The van der Waals surface area contributed by atoms with Crippen LogP contribution in [0.4, 0.5) is 4.39 Å². The second-order valence-corrected chi connectivity index (χ2v) is 5.22. The second-order valence-electron chi connectivity index (χ2n) is 5.22. The number of carbonyl (C=O) groups is 1. The van der Waals surface area contributed by atoms with Crippen LogP contribution in [-0.2, 0) is 11.2 Å². The zero-order valence-electron chi connectivity index (χ0n) is 10.7. The fourth-order valence-corrected chi connectivity index (χ4v) is 2.13. The van der Waals surface area contributed by atoms with Crippen molar-refractivity contribution in [2.45, 2.75) is 19.3 Å². The van der Waals surface area contributed by atoms with Crippen LogP contribution in [0.1, 0.15) is 18.4 Å². The number of halogens is 1. The Morgan fingerprint density at radius 2 is 2.11 bits per heavy atom. The molecule has 4 heteroatoms. The maximum atomic E-state index is 13.4. The van der Waals surface area contributed by atoms with E-state index in [1.807, 2.05) is 0 Å². The van der Waals surface area contributed by atoms with Gasteiger partial charge in [-0.05, 0) is 31.0 Å². The number of benzene rings is 1. The molecule has 1 aliphatic carbocycles. The molecule has 0 bridgehead atoms. The molecule has 0 saturated heterocycles. The summed E-state index contributed by atoms with van der Waals surface area (Å²) in [6, 6.07) is 6.40. The summed E-state index contributed by atoms with van der Waals surface area (Å²) in [7, 11) is 1.76. The second kappa shape index (κ2) is 5.06. The normalized spacial score (nSPS) is 16.4. The third kappa shape index (κ3) is 2.88. The molecule has 1 fully saturated rings. The molecule has 1 saturated carbocycles. The predicted molar refractivity (Wildman–Crippen MR) is 68.5 cm³/mol. The molecule has 1 amide bonds. The number of rotatable bonds is 5. The van der Waals surface area contributed by atoms with Gasteiger partial charge in [0.05, 0.1) is 6.42 Å². The Balaban J connectivity index is 1.94. The van der Waals surface area contributed by atoms with Crippen LogP contribution in [0.5, 0.6) is 0 Å². The molecule has 1 aromatic rings. The lowest BCUT2D eigenvalue weighted by Gasteiger charge is -2.23. The molecule has 3 nitrogen and oxygen atoms in total. The summed E-state index contributed by atoms with van der Waals surface area (Å²) in [5.74, 6) is -0.376. The minimum Gasteiger partial charge on any atom is -0.345 e. The smallest absolute Gasteiger partial charge is 0.226 e. The third-order valence-electron chi connectivity index (χ3n) is 3.69. The Bertz CT molecular complexity index is 443. The van der Waals surface area contributed by atoms with Gasteiger partial charge in [-0.3, -0.25) is 4.79 Å². The van der Waals surface area contributed by atoms with Crippen molar-refractivity contribution < 1.29 is 9.18 Å². The summed E-state index contributed by atoms with van der Waals surface area (Å²) in [4.78, 5) is 13.7. The summed E-state index contributed by atoms with van der Waals surface area (Å²) in [6.45, 7) is 1.29.